The van der Waals surface area contributed by atoms with Crippen LogP contribution in [0, 0.1) is 0 Å². The van der Waals surface area contributed by atoms with Crippen LogP contribution in [0.15, 0.2) is 41.3 Å². The van der Waals surface area contributed by atoms with Gasteiger partial charge in [0.2, 0.25) is 12.7 Å². The molecule has 2 aliphatic heterocycles. The molecule has 8 nitrogen and oxygen atoms in total. The molecule has 3 amide bonds. The maximum absolute atomic E-state index is 12.3. The highest BCUT2D eigenvalue weighted by Gasteiger charge is 2.24. The van der Waals surface area contributed by atoms with Crippen LogP contribution in [0.25, 0.3) is 0 Å². The normalized spacial score (nSPS) is 16.9. The summed E-state index contributed by atoms with van der Waals surface area (Å²) in [7, 11) is 0. The molecule has 0 saturated heterocycles. The number of hydrazine groups is 1. The number of rotatable bonds is 2. The lowest BCUT2D eigenvalue weighted by molar-refractivity contribution is -0.115. The molecule has 1 atom stereocenters. The SMILES string of the molecule is C[C@@H]1Sc2ccc(C(=O)NNC(=O)c3ccc4c(c3)OCO4)cc2NC1=O. The van der Waals surface area contributed by atoms with Gasteiger partial charge in [0, 0.05) is 16.0 Å². The van der Waals surface area contributed by atoms with Crippen LogP contribution in [0.4, 0.5) is 5.69 Å². The maximum atomic E-state index is 12.3. The summed E-state index contributed by atoms with van der Waals surface area (Å²) in [6.07, 6.45) is 0. The number of benzene rings is 2. The summed E-state index contributed by atoms with van der Waals surface area (Å²) in [4.78, 5) is 37.2. The van der Waals surface area contributed by atoms with Gasteiger partial charge in [-0.1, -0.05) is 0 Å². The van der Waals surface area contributed by atoms with Crippen molar-refractivity contribution in [2.45, 2.75) is 17.1 Å². The van der Waals surface area contributed by atoms with E-state index in [1.807, 2.05) is 6.92 Å². The van der Waals surface area contributed by atoms with Gasteiger partial charge in [-0.25, -0.2) is 0 Å². The van der Waals surface area contributed by atoms with E-state index < -0.39 is 11.8 Å². The predicted molar refractivity (Wildman–Crippen MR) is 97.9 cm³/mol. The third-order valence-electron chi connectivity index (χ3n) is 4.10. The summed E-state index contributed by atoms with van der Waals surface area (Å²) in [6, 6.07) is 9.72. The van der Waals surface area contributed by atoms with E-state index in [-0.39, 0.29) is 18.0 Å². The van der Waals surface area contributed by atoms with Crippen molar-refractivity contribution >= 4 is 35.2 Å². The third-order valence-corrected chi connectivity index (χ3v) is 5.27. The summed E-state index contributed by atoms with van der Waals surface area (Å²) in [5, 5.41) is 2.58. The van der Waals surface area contributed by atoms with Gasteiger partial charge in [-0.2, -0.15) is 0 Å². The molecule has 0 fully saturated rings. The van der Waals surface area contributed by atoms with Crippen LogP contribution in [-0.4, -0.2) is 29.8 Å². The number of anilines is 1. The predicted octanol–water partition coefficient (Wildman–Crippen LogP) is 1.92. The molecule has 2 aromatic carbocycles. The average Bonchev–Trinajstić information content (AvgIpc) is 3.14. The number of carbonyl (C=O) groups is 3. The zero-order chi connectivity index (χ0) is 19.0. The lowest BCUT2D eigenvalue weighted by Crippen LogP contribution is -2.41. The first-order valence-corrected chi connectivity index (χ1v) is 9.01. The second-order valence-electron chi connectivity index (χ2n) is 5.94. The van der Waals surface area contributed by atoms with E-state index in [2.05, 4.69) is 16.2 Å². The molecule has 3 N–H and O–H groups in total. The third kappa shape index (κ3) is 3.41. The summed E-state index contributed by atoms with van der Waals surface area (Å²) in [6.45, 7) is 1.93. The van der Waals surface area contributed by atoms with E-state index in [9.17, 15) is 14.4 Å². The van der Waals surface area contributed by atoms with Gasteiger partial charge in [-0.15, -0.1) is 11.8 Å². The van der Waals surface area contributed by atoms with E-state index in [4.69, 9.17) is 9.47 Å². The minimum Gasteiger partial charge on any atom is -0.454 e. The highest BCUT2D eigenvalue weighted by Crippen LogP contribution is 2.36. The van der Waals surface area contributed by atoms with E-state index in [0.29, 0.717) is 28.3 Å². The molecule has 0 aliphatic carbocycles. The molecule has 9 heteroatoms. The smallest absolute Gasteiger partial charge is 0.269 e. The van der Waals surface area contributed by atoms with Gasteiger partial charge in [-0.3, -0.25) is 25.2 Å². The molecule has 0 unspecified atom stereocenters. The molecule has 0 radical (unpaired) electrons. The highest BCUT2D eigenvalue weighted by atomic mass is 32.2. The molecule has 2 aromatic rings. The number of amides is 3. The number of carbonyl (C=O) groups excluding carboxylic acids is 3. The standard InChI is InChI=1S/C18H15N3O5S/c1-9-16(22)19-12-6-10(3-5-15(12)27-9)17(23)20-21-18(24)11-2-4-13-14(7-11)26-8-25-13/h2-7,9H,8H2,1H3,(H,19,22)(H,20,23)(H,21,24)/t9-/m0/s1. The van der Waals surface area contributed by atoms with Crippen LogP contribution in [0.1, 0.15) is 27.6 Å². The fraction of sp³-hybridized carbons (Fsp3) is 0.167. The van der Waals surface area contributed by atoms with Crippen molar-refractivity contribution in [3.05, 3.63) is 47.5 Å². The molecular formula is C18H15N3O5S. The number of thioether (sulfide) groups is 1. The highest BCUT2D eigenvalue weighted by molar-refractivity contribution is 8.00. The van der Waals surface area contributed by atoms with Crippen LogP contribution < -0.4 is 25.6 Å². The zero-order valence-electron chi connectivity index (χ0n) is 14.2. The summed E-state index contributed by atoms with van der Waals surface area (Å²) in [5.41, 5.74) is 5.94. The quantitative estimate of drug-likeness (QED) is 0.682. The maximum Gasteiger partial charge on any atom is 0.269 e. The van der Waals surface area contributed by atoms with E-state index in [1.54, 1.807) is 30.3 Å². The number of hydrogen-bond acceptors (Lipinski definition) is 6. The Kier molecular flexibility index (Phi) is 4.36. The lowest BCUT2D eigenvalue weighted by atomic mass is 10.2. The second-order valence-corrected chi connectivity index (χ2v) is 7.32. The van der Waals surface area contributed by atoms with Gasteiger partial charge in [0.15, 0.2) is 11.5 Å². The van der Waals surface area contributed by atoms with E-state index in [1.165, 1.54) is 17.8 Å². The molecular weight excluding hydrogens is 370 g/mol. The van der Waals surface area contributed by atoms with Crippen LogP contribution in [-0.2, 0) is 4.79 Å². The van der Waals surface area contributed by atoms with Crippen molar-refractivity contribution in [3.8, 4) is 11.5 Å². The molecule has 27 heavy (non-hydrogen) atoms. The second kappa shape index (κ2) is 6.84. The molecule has 2 aliphatic rings. The van der Waals surface area contributed by atoms with Gasteiger partial charge in [0.1, 0.15) is 0 Å². The molecule has 0 spiro atoms. The Morgan fingerprint density at radius 1 is 1.04 bits per heavy atom. The number of fused-ring (bicyclic) bond motifs is 2. The Bertz CT molecular complexity index is 962. The first kappa shape index (κ1) is 17.2. The molecule has 4 rings (SSSR count). The fourth-order valence-corrected chi connectivity index (χ4v) is 3.58. The Morgan fingerprint density at radius 3 is 2.48 bits per heavy atom. The van der Waals surface area contributed by atoms with Gasteiger partial charge >= 0.3 is 0 Å². The first-order valence-electron chi connectivity index (χ1n) is 8.13. The molecule has 0 bridgehead atoms. The minimum absolute atomic E-state index is 0.110. The zero-order valence-corrected chi connectivity index (χ0v) is 15.0. The largest absolute Gasteiger partial charge is 0.454 e. The van der Waals surface area contributed by atoms with Crippen molar-refractivity contribution in [3.63, 3.8) is 0 Å². The molecule has 0 aromatic heterocycles. The average molecular weight is 385 g/mol. The van der Waals surface area contributed by atoms with Crippen LogP contribution in [0.5, 0.6) is 11.5 Å². The number of hydrogen-bond donors (Lipinski definition) is 3. The van der Waals surface area contributed by atoms with Gasteiger partial charge in [-0.05, 0) is 43.3 Å². The van der Waals surface area contributed by atoms with Crippen molar-refractivity contribution in [2.24, 2.45) is 0 Å². The summed E-state index contributed by atoms with van der Waals surface area (Å²) >= 11 is 1.43. The Morgan fingerprint density at radius 2 is 1.70 bits per heavy atom. The molecule has 0 saturated carbocycles. The van der Waals surface area contributed by atoms with Crippen molar-refractivity contribution in [1.82, 2.24) is 10.9 Å². The summed E-state index contributed by atoms with van der Waals surface area (Å²) < 4.78 is 10.4. The summed E-state index contributed by atoms with van der Waals surface area (Å²) in [5.74, 6) is -0.0479. The van der Waals surface area contributed by atoms with Crippen molar-refractivity contribution in [2.75, 3.05) is 12.1 Å². The minimum atomic E-state index is -0.496. The topological polar surface area (TPSA) is 106 Å². The van der Waals surface area contributed by atoms with Crippen molar-refractivity contribution in [1.29, 1.82) is 0 Å². The molecule has 2 heterocycles. The van der Waals surface area contributed by atoms with Crippen LogP contribution in [0.3, 0.4) is 0 Å². The van der Waals surface area contributed by atoms with Gasteiger partial charge in [0.05, 0.1) is 10.9 Å². The monoisotopic (exact) mass is 385 g/mol. The van der Waals surface area contributed by atoms with Crippen molar-refractivity contribution < 1.29 is 23.9 Å². The Hall–Kier alpha value is -3.20. The van der Waals surface area contributed by atoms with E-state index in [0.717, 1.165) is 4.90 Å². The number of nitrogens with one attached hydrogen (secondary N) is 3. The van der Waals surface area contributed by atoms with Crippen LogP contribution in [0.2, 0.25) is 0 Å². The fourth-order valence-electron chi connectivity index (χ4n) is 2.65. The van der Waals surface area contributed by atoms with E-state index >= 15 is 0 Å². The Balaban J connectivity index is 1.41. The Labute approximate surface area is 158 Å². The van der Waals surface area contributed by atoms with Crippen LogP contribution >= 0.6 is 11.8 Å². The van der Waals surface area contributed by atoms with Gasteiger partial charge < -0.3 is 14.8 Å². The van der Waals surface area contributed by atoms with Gasteiger partial charge in [0.25, 0.3) is 11.8 Å². The lowest BCUT2D eigenvalue weighted by Gasteiger charge is -2.21. The number of ether oxygens (including phenoxy) is 2. The molecule has 138 valence electrons. The first-order chi connectivity index (χ1) is 13.0.